The van der Waals surface area contributed by atoms with Gasteiger partial charge in [0.05, 0.1) is 16.4 Å². The highest BCUT2D eigenvalue weighted by molar-refractivity contribution is 6.33. The molecule has 1 fully saturated rings. The van der Waals surface area contributed by atoms with Gasteiger partial charge < -0.3 is 20.9 Å². The van der Waals surface area contributed by atoms with E-state index in [9.17, 15) is 14.4 Å². The van der Waals surface area contributed by atoms with Gasteiger partial charge >= 0.3 is 6.03 Å². The highest BCUT2D eigenvalue weighted by Crippen LogP contribution is 2.32. The summed E-state index contributed by atoms with van der Waals surface area (Å²) in [5.74, 6) is 0.0197. The Morgan fingerprint density at radius 3 is 2.49 bits per heavy atom. The van der Waals surface area contributed by atoms with E-state index in [1.54, 1.807) is 12.3 Å². The summed E-state index contributed by atoms with van der Waals surface area (Å²) >= 11 is 6.40. The predicted molar refractivity (Wildman–Crippen MR) is 188 cm³/mol. The van der Waals surface area contributed by atoms with Crippen LogP contribution in [0, 0.1) is 0 Å². The summed E-state index contributed by atoms with van der Waals surface area (Å²) in [6.07, 6.45) is 7.32. The molecule has 10 nitrogen and oxygen atoms in total. The van der Waals surface area contributed by atoms with E-state index in [1.165, 1.54) is 23.7 Å². The molecule has 3 amide bonds. The fraction of sp³-hybridized carbons (Fsp3) is 0.361. The number of benzene rings is 2. The van der Waals surface area contributed by atoms with Crippen LogP contribution in [0.2, 0.25) is 5.02 Å². The molecule has 0 spiro atoms. The Kier molecular flexibility index (Phi) is 11.1. The van der Waals surface area contributed by atoms with Crippen molar-refractivity contribution >= 4 is 34.9 Å². The van der Waals surface area contributed by atoms with Crippen molar-refractivity contribution in [3.05, 3.63) is 93.5 Å². The van der Waals surface area contributed by atoms with Crippen LogP contribution in [-0.4, -0.2) is 57.8 Å². The number of urea groups is 1. The first-order valence-corrected chi connectivity index (χ1v) is 16.6. The number of carbonyl (C=O) groups is 2. The summed E-state index contributed by atoms with van der Waals surface area (Å²) in [6.45, 7) is 7.95. The lowest BCUT2D eigenvalue weighted by molar-refractivity contribution is 0.0950. The van der Waals surface area contributed by atoms with E-state index < -0.39 is 11.6 Å². The van der Waals surface area contributed by atoms with E-state index in [2.05, 4.69) is 38.0 Å². The average molecular weight is 656 g/mol. The first kappa shape index (κ1) is 33.8. The number of aromatic nitrogens is 3. The van der Waals surface area contributed by atoms with Crippen molar-refractivity contribution in [3.8, 4) is 22.4 Å². The molecular formula is C36H42ClN7O3. The molecule has 47 heavy (non-hydrogen) atoms. The van der Waals surface area contributed by atoms with Gasteiger partial charge in [0.1, 0.15) is 5.69 Å². The van der Waals surface area contributed by atoms with Gasteiger partial charge in [-0.1, -0.05) is 55.8 Å². The Morgan fingerprint density at radius 2 is 1.77 bits per heavy atom. The van der Waals surface area contributed by atoms with Crippen LogP contribution in [0.25, 0.3) is 22.4 Å². The molecule has 1 saturated heterocycles. The van der Waals surface area contributed by atoms with E-state index in [0.29, 0.717) is 41.1 Å². The number of aryl methyl sites for hydroxylation is 1. The normalized spacial score (nSPS) is 15.3. The number of anilines is 2. The fourth-order valence-electron chi connectivity index (χ4n) is 5.93. The number of amides is 3. The summed E-state index contributed by atoms with van der Waals surface area (Å²) in [5, 5.41) is 13.5. The van der Waals surface area contributed by atoms with Gasteiger partial charge in [0.25, 0.3) is 11.5 Å². The number of hydrogen-bond acceptors (Lipinski definition) is 6. The highest BCUT2D eigenvalue weighted by Gasteiger charge is 2.21. The molecule has 0 bridgehead atoms. The van der Waals surface area contributed by atoms with Crippen molar-refractivity contribution in [2.24, 2.45) is 0 Å². The molecule has 1 aliphatic rings. The third kappa shape index (κ3) is 8.07. The zero-order chi connectivity index (χ0) is 33.5. The van der Waals surface area contributed by atoms with Crippen LogP contribution in [0.4, 0.5) is 16.2 Å². The minimum absolute atomic E-state index is 0.0810. The third-order valence-corrected chi connectivity index (χ3v) is 9.17. The van der Waals surface area contributed by atoms with Crippen molar-refractivity contribution in [2.75, 3.05) is 30.8 Å². The first-order chi connectivity index (χ1) is 22.7. The number of likely N-dealkylation sites (tertiary alicyclic amines) is 1. The van der Waals surface area contributed by atoms with Crippen LogP contribution in [0.3, 0.4) is 0 Å². The van der Waals surface area contributed by atoms with Gasteiger partial charge in [-0.05, 0) is 93.1 Å². The Balaban J connectivity index is 1.35. The lowest BCUT2D eigenvalue weighted by Crippen LogP contribution is -2.31. The second-order valence-electron chi connectivity index (χ2n) is 12.0. The van der Waals surface area contributed by atoms with Crippen LogP contribution in [-0.2, 0) is 6.54 Å². The fourth-order valence-corrected chi connectivity index (χ4v) is 6.14. The summed E-state index contributed by atoms with van der Waals surface area (Å²) < 4.78 is 1.32. The number of nitrogens with one attached hydrogen (secondary N) is 3. The molecule has 246 valence electrons. The number of halogens is 1. The Morgan fingerprint density at radius 1 is 1.02 bits per heavy atom. The number of pyridine rings is 1. The molecule has 0 radical (unpaired) electrons. The molecule has 2 atom stereocenters. The molecule has 4 aromatic rings. The number of rotatable bonds is 11. The van der Waals surface area contributed by atoms with Crippen molar-refractivity contribution in [2.45, 2.75) is 65.0 Å². The van der Waals surface area contributed by atoms with Gasteiger partial charge in [0.15, 0.2) is 0 Å². The molecule has 3 heterocycles. The van der Waals surface area contributed by atoms with Crippen molar-refractivity contribution in [3.63, 3.8) is 0 Å². The van der Waals surface area contributed by atoms with Gasteiger partial charge in [0.2, 0.25) is 0 Å². The maximum Gasteiger partial charge on any atom is 0.323 e. The summed E-state index contributed by atoms with van der Waals surface area (Å²) in [7, 11) is 2.14. The van der Waals surface area contributed by atoms with Gasteiger partial charge in [-0.3, -0.25) is 14.6 Å². The second kappa shape index (κ2) is 15.4. The zero-order valence-corrected chi connectivity index (χ0v) is 28.1. The van der Waals surface area contributed by atoms with Gasteiger partial charge in [-0.2, -0.15) is 5.10 Å². The van der Waals surface area contributed by atoms with Crippen LogP contribution >= 0.6 is 11.6 Å². The van der Waals surface area contributed by atoms with Crippen molar-refractivity contribution in [1.29, 1.82) is 0 Å². The van der Waals surface area contributed by atoms with E-state index in [0.717, 1.165) is 41.6 Å². The van der Waals surface area contributed by atoms with Crippen LogP contribution in [0.15, 0.2) is 71.8 Å². The largest absolute Gasteiger partial charge is 0.352 e. The molecule has 0 saturated carbocycles. The minimum Gasteiger partial charge on any atom is -0.352 e. The number of hydrogen-bond donors (Lipinski definition) is 3. The maximum absolute atomic E-state index is 13.2. The maximum atomic E-state index is 13.2. The summed E-state index contributed by atoms with van der Waals surface area (Å²) in [4.78, 5) is 45.9. The minimum atomic E-state index is -0.598. The number of nitrogens with zero attached hydrogens (tertiary/aromatic N) is 4. The third-order valence-electron chi connectivity index (χ3n) is 8.88. The standard InChI is InChI=1S/C36H42ClN7O3/c1-5-23(3)29-21-38-22-30(37)33(29)41-36(47)40-32-20-31(42-44(6-2)35(32)46)26-12-7-10-24(18-26)25-11-8-13-27(19-25)34(45)39-16-15-28-14-9-17-43(28)4/h7-8,10-13,18-23,28H,5-6,9,14-17H2,1-4H3,(H,39,45)(H2,38,40,41,47). The monoisotopic (exact) mass is 655 g/mol. The molecule has 0 aliphatic carbocycles. The average Bonchev–Trinajstić information content (AvgIpc) is 3.50. The van der Waals surface area contributed by atoms with Crippen molar-refractivity contribution < 1.29 is 9.59 Å². The molecule has 5 rings (SSSR count). The topological polar surface area (TPSA) is 121 Å². The van der Waals surface area contributed by atoms with Crippen LogP contribution in [0.5, 0.6) is 0 Å². The van der Waals surface area contributed by atoms with Gasteiger partial charge in [-0.15, -0.1) is 0 Å². The molecule has 11 heteroatoms. The smallest absolute Gasteiger partial charge is 0.323 e. The molecule has 3 N–H and O–H groups in total. The van der Waals surface area contributed by atoms with E-state index in [-0.39, 0.29) is 17.5 Å². The van der Waals surface area contributed by atoms with E-state index >= 15 is 0 Å². The Hall–Kier alpha value is -4.54. The van der Waals surface area contributed by atoms with Gasteiger partial charge in [0, 0.05) is 42.7 Å². The summed E-state index contributed by atoms with van der Waals surface area (Å²) in [6, 6.07) is 16.7. The molecular weight excluding hydrogens is 614 g/mol. The molecule has 2 unspecified atom stereocenters. The number of carbonyl (C=O) groups excluding carboxylic acids is 2. The lowest BCUT2D eigenvalue weighted by atomic mass is 9.99. The quantitative estimate of drug-likeness (QED) is 0.160. The highest BCUT2D eigenvalue weighted by atomic mass is 35.5. The molecule has 1 aliphatic heterocycles. The summed E-state index contributed by atoms with van der Waals surface area (Å²) in [5.41, 5.74) is 4.54. The Labute approximate surface area is 280 Å². The van der Waals surface area contributed by atoms with E-state index in [4.69, 9.17) is 11.6 Å². The SMILES string of the molecule is CCC(C)c1cncc(Cl)c1NC(=O)Nc1cc(-c2cccc(-c3cccc(C(=O)NCCC4CCCN4C)c3)c2)nn(CC)c1=O. The molecule has 2 aromatic heterocycles. The zero-order valence-electron chi connectivity index (χ0n) is 27.3. The van der Waals surface area contributed by atoms with Crippen molar-refractivity contribution in [1.82, 2.24) is 25.0 Å². The second-order valence-corrected chi connectivity index (χ2v) is 12.4. The first-order valence-electron chi connectivity index (χ1n) is 16.2. The lowest BCUT2D eigenvalue weighted by Gasteiger charge is -2.19. The van der Waals surface area contributed by atoms with Crippen LogP contribution < -0.4 is 21.5 Å². The van der Waals surface area contributed by atoms with E-state index in [1.807, 2.05) is 69.3 Å². The predicted octanol–water partition coefficient (Wildman–Crippen LogP) is 7.02. The molecule has 2 aromatic carbocycles. The van der Waals surface area contributed by atoms with Gasteiger partial charge in [-0.25, -0.2) is 9.48 Å². The van der Waals surface area contributed by atoms with Crippen LogP contribution in [0.1, 0.15) is 68.3 Å². The Bertz CT molecular complexity index is 1810.